The molecule has 0 spiro atoms. The SMILES string of the molecule is CCCCCCCCCCCCCCCCCCCCC(=O)OC[C@@H](COC(=O)CCCCCCCCCCCCC(C)CC)OC(=O)CCCCCCCCCCCCC(C)CC. The van der Waals surface area contributed by atoms with Crippen LogP contribution in [-0.2, 0) is 28.6 Å². The molecule has 0 N–H and O–H groups in total. The van der Waals surface area contributed by atoms with Gasteiger partial charge in [0.05, 0.1) is 0 Å². The number of esters is 3. The van der Waals surface area contributed by atoms with Crippen molar-refractivity contribution in [2.45, 2.75) is 330 Å². The van der Waals surface area contributed by atoms with Crippen molar-refractivity contribution in [2.24, 2.45) is 11.8 Å². The molecular formula is C58H112O6. The van der Waals surface area contributed by atoms with E-state index >= 15 is 0 Å². The number of hydrogen-bond donors (Lipinski definition) is 0. The number of carbonyl (C=O) groups excluding carboxylic acids is 3. The Labute approximate surface area is 399 Å². The van der Waals surface area contributed by atoms with Crippen molar-refractivity contribution < 1.29 is 28.6 Å². The molecule has 0 aromatic heterocycles. The average molecular weight is 906 g/mol. The lowest BCUT2D eigenvalue weighted by molar-refractivity contribution is -0.167. The molecule has 0 radical (unpaired) electrons. The summed E-state index contributed by atoms with van der Waals surface area (Å²) in [6, 6.07) is 0. The van der Waals surface area contributed by atoms with Gasteiger partial charge < -0.3 is 14.2 Å². The van der Waals surface area contributed by atoms with Gasteiger partial charge in [0.15, 0.2) is 6.10 Å². The molecule has 0 aliphatic heterocycles. The quantitative estimate of drug-likeness (QED) is 0.0344. The molecule has 0 aromatic carbocycles. The van der Waals surface area contributed by atoms with Gasteiger partial charge in [-0.1, -0.05) is 285 Å². The Hall–Kier alpha value is -1.59. The third-order valence-electron chi connectivity index (χ3n) is 13.9. The fourth-order valence-corrected chi connectivity index (χ4v) is 8.81. The summed E-state index contributed by atoms with van der Waals surface area (Å²) in [6.07, 6.45) is 53.6. The van der Waals surface area contributed by atoms with Crippen molar-refractivity contribution >= 4 is 17.9 Å². The monoisotopic (exact) mass is 905 g/mol. The van der Waals surface area contributed by atoms with Gasteiger partial charge >= 0.3 is 17.9 Å². The lowest BCUT2D eigenvalue weighted by Gasteiger charge is -2.18. The molecule has 2 unspecified atom stereocenters. The highest BCUT2D eigenvalue weighted by Crippen LogP contribution is 2.19. The molecule has 0 saturated carbocycles. The van der Waals surface area contributed by atoms with Crippen molar-refractivity contribution in [1.29, 1.82) is 0 Å². The third-order valence-corrected chi connectivity index (χ3v) is 13.9. The molecule has 3 atom stereocenters. The Kier molecular flexibility index (Phi) is 49.6. The zero-order chi connectivity index (χ0) is 46.8. The largest absolute Gasteiger partial charge is 0.462 e. The summed E-state index contributed by atoms with van der Waals surface area (Å²) in [5, 5.41) is 0. The Morgan fingerprint density at radius 1 is 0.312 bits per heavy atom. The first-order valence-corrected chi connectivity index (χ1v) is 28.8. The molecule has 0 saturated heterocycles. The number of ether oxygens (including phenoxy) is 3. The van der Waals surface area contributed by atoms with E-state index in [9.17, 15) is 14.4 Å². The highest BCUT2D eigenvalue weighted by atomic mass is 16.6. The summed E-state index contributed by atoms with van der Waals surface area (Å²) in [5.41, 5.74) is 0. The molecule has 64 heavy (non-hydrogen) atoms. The van der Waals surface area contributed by atoms with E-state index in [0.717, 1.165) is 69.6 Å². The van der Waals surface area contributed by atoms with Crippen LogP contribution in [0.25, 0.3) is 0 Å². The minimum atomic E-state index is -0.763. The molecule has 380 valence electrons. The zero-order valence-corrected chi connectivity index (χ0v) is 43.9. The average Bonchev–Trinajstić information content (AvgIpc) is 3.29. The standard InChI is InChI=1S/C58H112O6/c1-6-9-10-11-12-13-14-15-16-17-18-19-20-21-28-33-38-43-48-56(59)62-51-55(64-58(61)50-45-40-35-30-25-23-27-32-37-42-47-54(5)8-3)52-63-57(60)49-44-39-34-29-24-22-26-31-36-41-46-53(4)7-2/h53-55H,6-52H2,1-5H3/t53?,54?,55-/m0/s1. The number of carbonyl (C=O) groups is 3. The first kappa shape index (κ1) is 62.4. The van der Waals surface area contributed by atoms with Crippen molar-refractivity contribution in [1.82, 2.24) is 0 Å². The van der Waals surface area contributed by atoms with E-state index in [-0.39, 0.29) is 31.1 Å². The van der Waals surface area contributed by atoms with Gasteiger partial charge in [0.25, 0.3) is 0 Å². The maximum atomic E-state index is 12.8. The van der Waals surface area contributed by atoms with E-state index in [2.05, 4.69) is 34.6 Å². The fraction of sp³-hybridized carbons (Fsp3) is 0.948. The van der Waals surface area contributed by atoms with E-state index in [1.165, 1.54) is 212 Å². The summed E-state index contributed by atoms with van der Waals surface area (Å²) < 4.78 is 16.9. The fourth-order valence-electron chi connectivity index (χ4n) is 8.81. The summed E-state index contributed by atoms with van der Waals surface area (Å²) in [6.45, 7) is 11.4. The zero-order valence-electron chi connectivity index (χ0n) is 43.9. The van der Waals surface area contributed by atoms with Gasteiger partial charge in [-0.2, -0.15) is 0 Å². The van der Waals surface area contributed by atoms with Gasteiger partial charge in [0.1, 0.15) is 13.2 Å². The number of unbranched alkanes of at least 4 members (excludes halogenated alkanes) is 35. The van der Waals surface area contributed by atoms with E-state index in [4.69, 9.17) is 14.2 Å². The second kappa shape index (κ2) is 50.8. The summed E-state index contributed by atoms with van der Waals surface area (Å²) in [5.74, 6) is 0.895. The van der Waals surface area contributed by atoms with Crippen LogP contribution in [0.15, 0.2) is 0 Å². The molecule has 0 amide bonds. The van der Waals surface area contributed by atoms with Crippen molar-refractivity contribution in [3.63, 3.8) is 0 Å². The summed E-state index contributed by atoms with van der Waals surface area (Å²) in [7, 11) is 0. The van der Waals surface area contributed by atoms with Crippen LogP contribution in [0.3, 0.4) is 0 Å². The van der Waals surface area contributed by atoms with Crippen LogP contribution >= 0.6 is 0 Å². The molecular weight excluding hydrogens is 793 g/mol. The van der Waals surface area contributed by atoms with Gasteiger partial charge in [-0.15, -0.1) is 0 Å². The Balaban J connectivity index is 4.30. The molecule has 0 heterocycles. The minimum absolute atomic E-state index is 0.0631. The number of rotatable bonds is 52. The molecule has 6 heteroatoms. The molecule has 0 aliphatic rings. The Bertz CT molecular complexity index is 982. The van der Waals surface area contributed by atoms with Crippen molar-refractivity contribution in [3.05, 3.63) is 0 Å². The van der Waals surface area contributed by atoms with Crippen LogP contribution in [0.4, 0.5) is 0 Å². The highest BCUT2D eigenvalue weighted by Gasteiger charge is 2.19. The normalized spacial score (nSPS) is 12.9. The molecule has 0 bridgehead atoms. The predicted octanol–water partition coefficient (Wildman–Crippen LogP) is 18.9. The number of hydrogen-bond acceptors (Lipinski definition) is 6. The van der Waals surface area contributed by atoms with Crippen LogP contribution in [0.5, 0.6) is 0 Å². The maximum Gasteiger partial charge on any atom is 0.306 e. The third kappa shape index (κ3) is 48.3. The summed E-state index contributed by atoms with van der Waals surface area (Å²) in [4.78, 5) is 38.1. The van der Waals surface area contributed by atoms with E-state index in [0.29, 0.717) is 19.3 Å². The lowest BCUT2D eigenvalue weighted by Crippen LogP contribution is -2.30. The maximum absolute atomic E-state index is 12.8. The van der Waals surface area contributed by atoms with E-state index in [1.54, 1.807) is 0 Å². The van der Waals surface area contributed by atoms with Crippen LogP contribution in [0.2, 0.25) is 0 Å². The van der Waals surface area contributed by atoms with Gasteiger partial charge in [0.2, 0.25) is 0 Å². The molecule has 0 aliphatic carbocycles. The Morgan fingerprint density at radius 2 is 0.547 bits per heavy atom. The second-order valence-electron chi connectivity index (χ2n) is 20.4. The lowest BCUT2D eigenvalue weighted by atomic mass is 9.99. The van der Waals surface area contributed by atoms with Gasteiger partial charge in [0, 0.05) is 19.3 Å². The predicted molar refractivity (Wildman–Crippen MR) is 275 cm³/mol. The van der Waals surface area contributed by atoms with Gasteiger partial charge in [-0.3, -0.25) is 14.4 Å². The smallest absolute Gasteiger partial charge is 0.306 e. The first-order valence-electron chi connectivity index (χ1n) is 28.8. The molecule has 0 fully saturated rings. The van der Waals surface area contributed by atoms with Crippen LogP contribution < -0.4 is 0 Å². The molecule has 0 rings (SSSR count). The summed E-state index contributed by atoms with van der Waals surface area (Å²) >= 11 is 0. The Morgan fingerprint density at radius 3 is 0.812 bits per heavy atom. The minimum Gasteiger partial charge on any atom is -0.462 e. The van der Waals surface area contributed by atoms with Gasteiger partial charge in [-0.05, 0) is 31.1 Å². The van der Waals surface area contributed by atoms with Crippen LogP contribution in [0.1, 0.15) is 324 Å². The topological polar surface area (TPSA) is 78.9 Å². The molecule has 6 nitrogen and oxygen atoms in total. The van der Waals surface area contributed by atoms with E-state index < -0.39 is 6.10 Å². The van der Waals surface area contributed by atoms with Crippen LogP contribution in [-0.4, -0.2) is 37.2 Å². The van der Waals surface area contributed by atoms with E-state index in [1.807, 2.05) is 0 Å². The van der Waals surface area contributed by atoms with Crippen LogP contribution in [0, 0.1) is 11.8 Å². The first-order chi connectivity index (χ1) is 31.3. The van der Waals surface area contributed by atoms with Gasteiger partial charge in [-0.25, -0.2) is 0 Å². The second-order valence-corrected chi connectivity index (χ2v) is 20.4. The van der Waals surface area contributed by atoms with Crippen molar-refractivity contribution in [2.75, 3.05) is 13.2 Å². The highest BCUT2D eigenvalue weighted by molar-refractivity contribution is 5.71. The molecule has 0 aromatic rings. The van der Waals surface area contributed by atoms with Crippen molar-refractivity contribution in [3.8, 4) is 0 Å².